The average Bonchev–Trinajstić information content (AvgIpc) is 3.10. The van der Waals surface area contributed by atoms with E-state index in [2.05, 4.69) is 22.1 Å². The molecule has 5 rings (SSSR count). The quantitative estimate of drug-likeness (QED) is 0.524. The number of hydrogen-bond donors (Lipinski definition) is 0. The first-order valence-corrected chi connectivity index (χ1v) is 8.85. The van der Waals surface area contributed by atoms with Crippen molar-refractivity contribution < 1.29 is 4.42 Å². The molecule has 0 saturated heterocycles. The van der Waals surface area contributed by atoms with Crippen LogP contribution in [0.1, 0.15) is 30.8 Å². The molecule has 7 nitrogen and oxygen atoms in total. The summed E-state index contributed by atoms with van der Waals surface area (Å²) in [5.41, 5.74) is 1.07. The number of hydrogen-bond acceptors (Lipinski definition) is 5. The molecule has 0 aliphatic heterocycles. The Morgan fingerprint density at radius 2 is 2.04 bits per heavy atom. The lowest BCUT2D eigenvalue weighted by molar-refractivity contribution is 0.500. The van der Waals surface area contributed by atoms with Crippen LogP contribution >= 0.6 is 0 Å². The number of aromatic nitrogens is 4. The van der Waals surface area contributed by atoms with Crippen LogP contribution < -0.4 is 5.56 Å². The largest absolute Gasteiger partial charge is 0.460 e. The van der Waals surface area contributed by atoms with Crippen molar-refractivity contribution in [2.75, 3.05) is 0 Å². The Morgan fingerprint density at radius 1 is 1.22 bits per heavy atom. The van der Waals surface area contributed by atoms with Crippen molar-refractivity contribution in [2.24, 2.45) is 11.0 Å². The molecule has 3 aromatic heterocycles. The van der Waals surface area contributed by atoms with Gasteiger partial charge in [0, 0.05) is 5.92 Å². The third-order valence-electron chi connectivity index (χ3n) is 4.90. The van der Waals surface area contributed by atoms with Crippen molar-refractivity contribution in [3.05, 3.63) is 76.9 Å². The fourth-order valence-corrected chi connectivity index (χ4v) is 3.22. The van der Waals surface area contributed by atoms with Crippen molar-refractivity contribution in [1.82, 2.24) is 19.4 Å². The van der Waals surface area contributed by atoms with E-state index >= 15 is 0 Å². The number of benzene rings is 1. The second-order valence-electron chi connectivity index (χ2n) is 6.83. The summed E-state index contributed by atoms with van der Waals surface area (Å²) in [7, 11) is 0. The number of para-hydroxylation sites is 1. The van der Waals surface area contributed by atoms with Gasteiger partial charge < -0.3 is 4.42 Å². The Hall–Kier alpha value is -3.48. The van der Waals surface area contributed by atoms with E-state index < -0.39 is 0 Å². The Morgan fingerprint density at radius 3 is 2.81 bits per heavy atom. The third kappa shape index (κ3) is 2.77. The number of fused-ring (bicyclic) bond motifs is 1. The maximum atomic E-state index is 12.7. The van der Waals surface area contributed by atoms with E-state index in [1.807, 2.05) is 42.5 Å². The number of nitrogens with zero attached hydrogens (tertiary/aromatic N) is 5. The molecule has 1 aliphatic rings. The predicted molar refractivity (Wildman–Crippen MR) is 101 cm³/mol. The summed E-state index contributed by atoms with van der Waals surface area (Å²) in [6.07, 6.45) is 5.61. The predicted octanol–water partition coefficient (Wildman–Crippen LogP) is 3.18. The Kier molecular flexibility index (Phi) is 3.53. The highest BCUT2D eigenvalue weighted by molar-refractivity contribution is 5.77. The molecule has 0 bridgehead atoms. The van der Waals surface area contributed by atoms with Gasteiger partial charge >= 0.3 is 0 Å². The molecule has 0 unspecified atom stereocenters. The van der Waals surface area contributed by atoms with Crippen LogP contribution in [0.3, 0.4) is 0 Å². The molecule has 1 fully saturated rings. The smallest absolute Gasteiger partial charge is 0.285 e. The third-order valence-corrected chi connectivity index (χ3v) is 4.90. The van der Waals surface area contributed by atoms with Crippen LogP contribution in [0.5, 0.6) is 0 Å². The monoisotopic (exact) mass is 359 g/mol. The molecule has 0 N–H and O–H groups in total. The van der Waals surface area contributed by atoms with Gasteiger partial charge in [0.1, 0.15) is 23.2 Å². The zero-order chi connectivity index (χ0) is 18.4. The first kappa shape index (κ1) is 15.7. The van der Waals surface area contributed by atoms with Crippen LogP contribution in [-0.2, 0) is 0 Å². The molecule has 0 spiro atoms. The Balaban J connectivity index is 1.47. The standard InChI is InChI=1S/C20H17N5O2/c1-13-9-16(13)18-8-7-15(27-18)10-22-24-12-21-19-17(20(24)26)11-23-25(19)14-5-3-2-4-6-14/h2-8,10-13,16H,9H2,1H3/b22-10-/t13-,16-/m0/s1. The molecule has 134 valence electrons. The minimum Gasteiger partial charge on any atom is -0.460 e. The summed E-state index contributed by atoms with van der Waals surface area (Å²) in [6.45, 7) is 2.21. The maximum absolute atomic E-state index is 12.7. The van der Waals surface area contributed by atoms with Gasteiger partial charge in [-0.3, -0.25) is 4.79 Å². The number of rotatable bonds is 4. The second-order valence-corrected chi connectivity index (χ2v) is 6.83. The molecule has 7 heteroatoms. The van der Waals surface area contributed by atoms with Gasteiger partial charge in [-0.1, -0.05) is 25.1 Å². The Bertz CT molecular complexity index is 1200. The lowest BCUT2D eigenvalue weighted by Gasteiger charge is -2.02. The summed E-state index contributed by atoms with van der Waals surface area (Å²) >= 11 is 0. The van der Waals surface area contributed by atoms with Crippen LogP contribution in [-0.4, -0.2) is 25.7 Å². The van der Waals surface area contributed by atoms with Crippen LogP contribution in [0, 0.1) is 5.92 Å². The topological polar surface area (TPSA) is 78.2 Å². The average molecular weight is 359 g/mol. The Labute approximate surface area is 154 Å². The van der Waals surface area contributed by atoms with Crippen molar-refractivity contribution in [1.29, 1.82) is 0 Å². The molecular formula is C20H17N5O2. The van der Waals surface area contributed by atoms with Crippen molar-refractivity contribution in [3.8, 4) is 5.69 Å². The zero-order valence-electron chi connectivity index (χ0n) is 14.7. The molecule has 2 atom stereocenters. The van der Waals surface area contributed by atoms with E-state index in [9.17, 15) is 4.79 Å². The molecule has 0 radical (unpaired) electrons. The van der Waals surface area contributed by atoms with E-state index in [0.29, 0.717) is 28.6 Å². The zero-order valence-corrected chi connectivity index (χ0v) is 14.7. The highest BCUT2D eigenvalue weighted by Crippen LogP contribution is 2.47. The summed E-state index contributed by atoms with van der Waals surface area (Å²) in [5, 5.41) is 8.91. The maximum Gasteiger partial charge on any atom is 0.285 e. The molecule has 1 aliphatic carbocycles. The molecule has 27 heavy (non-hydrogen) atoms. The summed E-state index contributed by atoms with van der Waals surface area (Å²) in [4.78, 5) is 17.0. The van der Waals surface area contributed by atoms with Crippen molar-refractivity contribution in [3.63, 3.8) is 0 Å². The van der Waals surface area contributed by atoms with Gasteiger partial charge in [-0.15, -0.1) is 0 Å². The normalized spacial score (nSPS) is 19.1. The lowest BCUT2D eigenvalue weighted by atomic mass is 10.3. The van der Waals surface area contributed by atoms with Gasteiger partial charge in [0.25, 0.3) is 5.56 Å². The first-order chi connectivity index (χ1) is 13.2. The summed E-state index contributed by atoms with van der Waals surface area (Å²) in [6, 6.07) is 13.4. The van der Waals surface area contributed by atoms with Gasteiger partial charge in [-0.25, -0.2) is 9.67 Å². The molecule has 1 aromatic carbocycles. The SMILES string of the molecule is C[C@H]1C[C@@H]1c1ccc(/C=N\n2cnc3c(cnn3-c3ccccc3)c2=O)o1. The molecule has 4 aromatic rings. The van der Waals surface area contributed by atoms with Crippen LogP contribution in [0.15, 0.2) is 69.3 Å². The van der Waals surface area contributed by atoms with Gasteiger partial charge in [-0.2, -0.15) is 14.9 Å². The van der Waals surface area contributed by atoms with Crippen LogP contribution in [0.2, 0.25) is 0 Å². The molecule has 0 amide bonds. The fraction of sp³-hybridized carbons (Fsp3) is 0.200. The second kappa shape index (κ2) is 6.05. The summed E-state index contributed by atoms with van der Waals surface area (Å²) in [5.74, 6) is 2.79. The highest BCUT2D eigenvalue weighted by atomic mass is 16.3. The molecule has 3 heterocycles. The van der Waals surface area contributed by atoms with E-state index in [1.165, 1.54) is 23.4 Å². The van der Waals surface area contributed by atoms with Gasteiger partial charge in [0.05, 0.1) is 18.1 Å². The van der Waals surface area contributed by atoms with E-state index in [4.69, 9.17) is 4.42 Å². The van der Waals surface area contributed by atoms with Gasteiger partial charge in [0.15, 0.2) is 5.65 Å². The van der Waals surface area contributed by atoms with Crippen molar-refractivity contribution in [2.45, 2.75) is 19.3 Å². The van der Waals surface area contributed by atoms with E-state index in [-0.39, 0.29) is 5.56 Å². The highest BCUT2D eigenvalue weighted by Gasteiger charge is 2.36. The molecule has 1 saturated carbocycles. The van der Waals surface area contributed by atoms with Gasteiger partial charge in [-0.05, 0) is 36.6 Å². The molecular weight excluding hydrogens is 342 g/mol. The fourth-order valence-electron chi connectivity index (χ4n) is 3.22. The van der Waals surface area contributed by atoms with Gasteiger partial charge in [0.2, 0.25) is 0 Å². The van der Waals surface area contributed by atoms with E-state index in [1.54, 1.807) is 4.68 Å². The number of furan rings is 1. The summed E-state index contributed by atoms with van der Waals surface area (Å²) < 4.78 is 8.62. The van der Waals surface area contributed by atoms with Crippen LogP contribution in [0.25, 0.3) is 16.7 Å². The lowest BCUT2D eigenvalue weighted by Crippen LogP contribution is -2.17. The minimum absolute atomic E-state index is 0.277. The van der Waals surface area contributed by atoms with Crippen molar-refractivity contribution >= 4 is 17.2 Å². The first-order valence-electron chi connectivity index (χ1n) is 8.85. The minimum atomic E-state index is -0.277. The van der Waals surface area contributed by atoms with Crippen LogP contribution in [0.4, 0.5) is 0 Å². The van der Waals surface area contributed by atoms with E-state index in [0.717, 1.165) is 17.9 Å².